The standard InChI is InChI=1S/C15H24N4O2/c1-10(2)14-16-8-12(13(17-14)15(20)21)19-7-5-6-11(19)9-18(3)4/h8,10-11H,5-7,9H2,1-4H3,(H,20,21). The number of rotatable bonds is 5. The summed E-state index contributed by atoms with van der Waals surface area (Å²) in [6, 6.07) is 0.326. The van der Waals surface area contributed by atoms with Gasteiger partial charge in [-0.05, 0) is 26.9 Å². The van der Waals surface area contributed by atoms with Gasteiger partial charge in [-0.3, -0.25) is 0 Å². The highest BCUT2D eigenvalue weighted by Gasteiger charge is 2.29. The average Bonchev–Trinajstić information content (AvgIpc) is 2.84. The number of likely N-dealkylation sites (N-methyl/N-ethyl adjacent to an activating group) is 1. The second-order valence-corrected chi connectivity index (χ2v) is 6.17. The van der Waals surface area contributed by atoms with Crippen molar-refractivity contribution in [2.24, 2.45) is 0 Å². The van der Waals surface area contributed by atoms with E-state index in [2.05, 4.69) is 19.8 Å². The Morgan fingerprint density at radius 2 is 2.24 bits per heavy atom. The average molecular weight is 292 g/mol. The molecular formula is C15H24N4O2. The normalized spacial score (nSPS) is 18.8. The number of carbonyl (C=O) groups is 1. The maximum absolute atomic E-state index is 11.6. The van der Waals surface area contributed by atoms with Crippen molar-refractivity contribution in [3.05, 3.63) is 17.7 Å². The number of hydrogen-bond donors (Lipinski definition) is 1. The maximum Gasteiger partial charge on any atom is 0.356 e. The summed E-state index contributed by atoms with van der Waals surface area (Å²) in [5.74, 6) is -0.280. The largest absolute Gasteiger partial charge is 0.476 e. The molecule has 0 amide bonds. The summed E-state index contributed by atoms with van der Waals surface area (Å²) in [7, 11) is 4.07. The summed E-state index contributed by atoms with van der Waals surface area (Å²) >= 11 is 0. The molecule has 1 saturated heterocycles. The predicted octanol–water partition coefficient (Wildman–Crippen LogP) is 1.83. The van der Waals surface area contributed by atoms with Crippen LogP contribution in [0.2, 0.25) is 0 Å². The monoisotopic (exact) mass is 292 g/mol. The van der Waals surface area contributed by atoms with Crippen LogP contribution >= 0.6 is 0 Å². The van der Waals surface area contributed by atoms with Crippen LogP contribution in [0.3, 0.4) is 0 Å². The van der Waals surface area contributed by atoms with E-state index in [9.17, 15) is 9.90 Å². The lowest BCUT2D eigenvalue weighted by molar-refractivity contribution is 0.0690. The number of carboxylic acids is 1. The zero-order chi connectivity index (χ0) is 15.6. The molecule has 0 aliphatic carbocycles. The number of aromatic nitrogens is 2. The van der Waals surface area contributed by atoms with Crippen molar-refractivity contribution >= 4 is 11.7 Å². The van der Waals surface area contributed by atoms with Crippen molar-refractivity contribution in [2.45, 2.75) is 38.6 Å². The molecule has 0 saturated carbocycles. The fourth-order valence-corrected chi connectivity index (χ4v) is 2.80. The highest BCUT2D eigenvalue weighted by molar-refractivity contribution is 5.92. The molecule has 2 rings (SSSR count). The molecule has 21 heavy (non-hydrogen) atoms. The van der Waals surface area contributed by atoms with E-state index in [1.807, 2.05) is 27.9 Å². The summed E-state index contributed by atoms with van der Waals surface area (Å²) in [5.41, 5.74) is 0.774. The highest BCUT2D eigenvalue weighted by Crippen LogP contribution is 2.28. The molecule has 1 aromatic heterocycles. The van der Waals surface area contributed by atoms with Gasteiger partial charge in [-0.2, -0.15) is 0 Å². The summed E-state index contributed by atoms with van der Waals surface area (Å²) < 4.78 is 0. The lowest BCUT2D eigenvalue weighted by Gasteiger charge is -2.29. The SMILES string of the molecule is CC(C)c1ncc(N2CCCC2CN(C)C)c(C(=O)O)n1. The molecule has 0 bridgehead atoms. The van der Waals surface area contributed by atoms with Crippen LogP contribution in [0, 0.1) is 0 Å². The first kappa shape index (κ1) is 15.7. The number of nitrogens with zero attached hydrogens (tertiary/aromatic N) is 4. The lowest BCUT2D eigenvalue weighted by Crippen LogP contribution is -2.38. The molecule has 1 unspecified atom stereocenters. The van der Waals surface area contributed by atoms with Crippen LogP contribution in [-0.4, -0.2) is 59.2 Å². The Morgan fingerprint density at radius 3 is 2.81 bits per heavy atom. The zero-order valence-corrected chi connectivity index (χ0v) is 13.2. The molecule has 1 aliphatic heterocycles. The van der Waals surface area contributed by atoms with Crippen molar-refractivity contribution in [3.63, 3.8) is 0 Å². The van der Waals surface area contributed by atoms with Crippen LogP contribution in [0.1, 0.15) is 48.9 Å². The molecule has 0 spiro atoms. The quantitative estimate of drug-likeness (QED) is 0.893. The number of aromatic carboxylic acids is 1. The van der Waals surface area contributed by atoms with Crippen molar-refractivity contribution in [3.8, 4) is 0 Å². The Morgan fingerprint density at radius 1 is 1.52 bits per heavy atom. The molecule has 1 aliphatic rings. The van der Waals surface area contributed by atoms with Crippen LogP contribution < -0.4 is 4.90 Å². The Labute approximate surface area is 125 Å². The Kier molecular flexibility index (Phi) is 4.77. The molecule has 1 aromatic rings. The highest BCUT2D eigenvalue weighted by atomic mass is 16.4. The number of anilines is 1. The number of carboxylic acid groups (broad SMARTS) is 1. The maximum atomic E-state index is 11.6. The smallest absolute Gasteiger partial charge is 0.356 e. The summed E-state index contributed by atoms with van der Waals surface area (Å²) in [4.78, 5) is 24.4. The van der Waals surface area contributed by atoms with E-state index < -0.39 is 5.97 Å². The van der Waals surface area contributed by atoms with Crippen molar-refractivity contribution < 1.29 is 9.90 Å². The summed E-state index contributed by atoms with van der Waals surface area (Å²) in [6.45, 7) is 5.70. The third-order valence-electron chi connectivity index (χ3n) is 3.77. The minimum atomic E-state index is -0.982. The molecule has 0 radical (unpaired) electrons. The number of hydrogen-bond acceptors (Lipinski definition) is 5. The Hall–Kier alpha value is -1.69. The van der Waals surface area contributed by atoms with E-state index in [1.54, 1.807) is 6.20 Å². The van der Waals surface area contributed by atoms with Crippen LogP contribution in [0.5, 0.6) is 0 Å². The van der Waals surface area contributed by atoms with Crippen LogP contribution in [0.4, 0.5) is 5.69 Å². The summed E-state index contributed by atoms with van der Waals surface area (Å²) in [6.07, 6.45) is 3.83. The van der Waals surface area contributed by atoms with Gasteiger partial charge in [0.25, 0.3) is 0 Å². The third-order valence-corrected chi connectivity index (χ3v) is 3.77. The van der Waals surface area contributed by atoms with Gasteiger partial charge in [0, 0.05) is 25.0 Å². The van der Waals surface area contributed by atoms with Gasteiger partial charge in [0.15, 0.2) is 5.69 Å². The summed E-state index contributed by atoms with van der Waals surface area (Å²) in [5, 5.41) is 9.47. The van der Waals surface area contributed by atoms with E-state index in [0.717, 1.165) is 25.9 Å². The minimum absolute atomic E-state index is 0.119. The first-order valence-electron chi connectivity index (χ1n) is 7.41. The van der Waals surface area contributed by atoms with Crippen molar-refractivity contribution in [2.75, 3.05) is 32.1 Å². The van der Waals surface area contributed by atoms with Gasteiger partial charge in [0.2, 0.25) is 0 Å². The molecule has 1 N–H and O–H groups in total. The Bertz CT molecular complexity index is 516. The van der Waals surface area contributed by atoms with Crippen LogP contribution in [0.25, 0.3) is 0 Å². The first-order chi connectivity index (χ1) is 9.90. The molecule has 1 fully saturated rings. The molecular weight excluding hydrogens is 268 g/mol. The van der Waals surface area contributed by atoms with Crippen molar-refractivity contribution in [1.29, 1.82) is 0 Å². The topological polar surface area (TPSA) is 69.6 Å². The fourth-order valence-electron chi connectivity index (χ4n) is 2.80. The van der Waals surface area contributed by atoms with Gasteiger partial charge in [-0.1, -0.05) is 13.8 Å². The predicted molar refractivity (Wildman–Crippen MR) is 82.0 cm³/mol. The third kappa shape index (κ3) is 3.50. The first-order valence-corrected chi connectivity index (χ1v) is 7.41. The van der Waals surface area contributed by atoms with E-state index in [1.165, 1.54) is 0 Å². The van der Waals surface area contributed by atoms with Gasteiger partial charge in [0.1, 0.15) is 5.82 Å². The van der Waals surface area contributed by atoms with Gasteiger partial charge >= 0.3 is 5.97 Å². The fraction of sp³-hybridized carbons (Fsp3) is 0.667. The van der Waals surface area contributed by atoms with Gasteiger partial charge < -0.3 is 14.9 Å². The second-order valence-electron chi connectivity index (χ2n) is 6.17. The van der Waals surface area contributed by atoms with Gasteiger partial charge in [-0.15, -0.1) is 0 Å². The van der Waals surface area contributed by atoms with Crippen LogP contribution in [-0.2, 0) is 0 Å². The molecule has 2 heterocycles. The molecule has 0 aromatic carbocycles. The van der Waals surface area contributed by atoms with E-state index in [0.29, 0.717) is 17.6 Å². The zero-order valence-electron chi connectivity index (χ0n) is 13.2. The lowest BCUT2D eigenvalue weighted by atomic mass is 10.1. The molecule has 6 nitrogen and oxygen atoms in total. The molecule has 1 atom stereocenters. The second kappa shape index (κ2) is 6.39. The minimum Gasteiger partial charge on any atom is -0.476 e. The van der Waals surface area contributed by atoms with Gasteiger partial charge in [0.05, 0.1) is 11.9 Å². The van der Waals surface area contributed by atoms with Crippen LogP contribution in [0.15, 0.2) is 6.20 Å². The van der Waals surface area contributed by atoms with Gasteiger partial charge in [-0.25, -0.2) is 14.8 Å². The Balaban J connectivity index is 2.36. The van der Waals surface area contributed by atoms with E-state index >= 15 is 0 Å². The van der Waals surface area contributed by atoms with Crippen molar-refractivity contribution in [1.82, 2.24) is 14.9 Å². The van der Waals surface area contributed by atoms with E-state index in [-0.39, 0.29) is 11.6 Å². The molecule has 116 valence electrons. The molecule has 6 heteroatoms. The van der Waals surface area contributed by atoms with E-state index in [4.69, 9.17) is 0 Å².